The van der Waals surface area contributed by atoms with Gasteiger partial charge in [0, 0.05) is 5.56 Å². The van der Waals surface area contributed by atoms with E-state index < -0.39 is 16.0 Å². The molecule has 0 unspecified atom stereocenters. The Morgan fingerprint density at radius 1 is 1.15 bits per heavy atom. The van der Waals surface area contributed by atoms with Gasteiger partial charge in [-0.1, -0.05) is 12.1 Å². The fraction of sp³-hybridized carbons (Fsp3) is 0.118. The highest BCUT2D eigenvalue weighted by atomic mass is 32.2. The molecule has 0 aliphatic heterocycles. The maximum Gasteiger partial charge on any atom is 0.338 e. The molecule has 1 heterocycles. The molecule has 0 spiro atoms. The number of aromatic amines is 1. The molecular weight excluding hydrogens is 356 g/mol. The number of hydrogen-bond donors (Lipinski definition) is 2. The second-order valence-corrected chi connectivity index (χ2v) is 6.91. The van der Waals surface area contributed by atoms with E-state index in [2.05, 4.69) is 19.9 Å². The molecular formula is C17H16N4O4S. The van der Waals surface area contributed by atoms with Crippen molar-refractivity contribution in [3.8, 4) is 11.4 Å². The van der Waals surface area contributed by atoms with Gasteiger partial charge in [0.2, 0.25) is 0 Å². The fourth-order valence-electron chi connectivity index (χ4n) is 2.30. The molecule has 0 atom stereocenters. The zero-order valence-corrected chi connectivity index (χ0v) is 14.7. The maximum atomic E-state index is 12.7. The lowest BCUT2D eigenvalue weighted by molar-refractivity contribution is 0.0526. The lowest BCUT2D eigenvalue weighted by atomic mass is 10.2. The second kappa shape index (κ2) is 7.36. The highest BCUT2D eigenvalue weighted by molar-refractivity contribution is 7.92. The lowest BCUT2D eigenvalue weighted by Gasteiger charge is -2.11. The Morgan fingerprint density at radius 2 is 1.88 bits per heavy atom. The van der Waals surface area contributed by atoms with Crippen LogP contribution in [0.5, 0.6) is 0 Å². The van der Waals surface area contributed by atoms with Gasteiger partial charge < -0.3 is 4.74 Å². The number of para-hydroxylation sites is 1. The van der Waals surface area contributed by atoms with Crippen LogP contribution in [-0.2, 0) is 14.8 Å². The first-order valence-electron chi connectivity index (χ1n) is 7.76. The topological polar surface area (TPSA) is 114 Å². The molecule has 1 aromatic heterocycles. The monoisotopic (exact) mass is 372 g/mol. The van der Waals surface area contributed by atoms with Crippen LogP contribution in [0.15, 0.2) is 59.8 Å². The number of esters is 1. The number of nitrogens with one attached hydrogen (secondary N) is 2. The molecule has 0 saturated carbocycles. The number of anilines is 1. The first-order chi connectivity index (χ1) is 12.5. The first kappa shape index (κ1) is 17.6. The summed E-state index contributed by atoms with van der Waals surface area (Å²) in [6, 6.07) is 12.4. The molecule has 26 heavy (non-hydrogen) atoms. The molecule has 0 fully saturated rings. The van der Waals surface area contributed by atoms with Gasteiger partial charge in [-0.2, -0.15) is 5.10 Å². The Balaban J connectivity index is 1.87. The number of hydrogen-bond acceptors (Lipinski definition) is 6. The van der Waals surface area contributed by atoms with Crippen LogP contribution >= 0.6 is 0 Å². The van der Waals surface area contributed by atoms with E-state index in [1.54, 1.807) is 31.2 Å². The fourth-order valence-corrected chi connectivity index (χ4v) is 3.38. The minimum atomic E-state index is -3.85. The van der Waals surface area contributed by atoms with Crippen LogP contribution in [0, 0.1) is 0 Å². The van der Waals surface area contributed by atoms with Gasteiger partial charge in [-0.05, 0) is 43.3 Å². The summed E-state index contributed by atoms with van der Waals surface area (Å²) in [5, 5.41) is 6.48. The Labute approximate surface area is 150 Å². The standard InChI is InChI=1S/C17H16N4O4S/c1-2-25-17(22)12-7-9-13(10-8-12)26(23,24)21-15-6-4-3-5-14(15)16-18-11-19-20-16/h3-11,21H,2H2,1H3,(H,18,19,20). The van der Waals surface area contributed by atoms with Crippen molar-refractivity contribution in [3.63, 3.8) is 0 Å². The van der Waals surface area contributed by atoms with Gasteiger partial charge >= 0.3 is 5.97 Å². The predicted octanol–water partition coefficient (Wildman–Crippen LogP) is 2.45. The molecule has 0 aliphatic rings. The molecule has 2 N–H and O–H groups in total. The molecule has 2 aromatic carbocycles. The number of carbonyl (C=O) groups excluding carboxylic acids is 1. The quantitative estimate of drug-likeness (QED) is 0.643. The van der Waals surface area contributed by atoms with E-state index in [0.717, 1.165) is 0 Å². The molecule has 0 saturated heterocycles. The number of rotatable bonds is 6. The van der Waals surface area contributed by atoms with Crippen LogP contribution in [0.3, 0.4) is 0 Å². The Morgan fingerprint density at radius 3 is 2.54 bits per heavy atom. The van der Waals surface area contributed by atoms with Gasteiger partial charge in [0.1, 0.15) is 6.33 Å². The molecule has 9 heteroatoms. The van der Waals surface area contributed by atoms with Gasteiger partial charge in [-0.15, -0.1) is 0 Å². The van der Waals surface area contributed by atoms with Crippen LogP contribution in [0.4, 0.5) is 5.69 Å². The smallest absolute Gasteiger partial charge is 0.338 e. The van der Waals surface area contributed by atoms with E-state index in [0.29, 0.717) is 17.1 Å². The van der Waals surface area contributed by atoms with E-state index in [9.17, 15) is 13.2 Å². The summed E-state index contributed by atoms with van der Waals surface area (Å²) in [4.78, 5) is 15.7. The van der Waals surface area contributed by atoms with Crippen molar-refractivity contribution in [2.75, 3.05) is 11.3 Å². The van der Waals surface area contributed by atoms with Gasteiger partial charge in [0.05, 0.1) is 22.8 Å². The van der Waals surface area contributed by atoms with Crippen LogP contribution < -0.4 is 4.72 Å². The molecule has 134 valence electrons. The zero-order valence-electron chi connectivity index (χ0n) is 13.8. The third kappa shape index (κ3) is 3.72. The number of ether oxygens (including phenoxy) is 1. The van der Waals surface area contributed by atoms with Crippen molar-refractivity contribution in [3.05, 3.63) is 60.4 Å². The van der Waals surface area contributed by atoms with Crippen molar-refractivity contribution in [1.82, 2.24) is 15.2 Å². The minimum absolute atomic E-state index is 0.0259. The summed E-state index contributed by atoms with van der Waals surface area (Å²) in [7, 11) is -3.85. The lowest BCUT2D eigenvalue weighted by Crippen LogP contribution is -2.14. The van der Waals surface area contributed by atoms with Gasteiger partial charge in [-0.3, -0.25) is 9.82 Å². The summed E-state index contributed by atoms with van der Waals surface area (Å²) in [5.74, 6) is -0.0546. The number of H-pyrrole nitrogens is 1. The van der Waals surface area contributed by atoms with Gasteiger partial charge in [0.15, 0.2) is 5.82 Å². The second-order valence-electron chi connectivity index (χ2n) is 5.23. The van der Waals surface area contributed by atoms with Crippen molar-refractivity contribution in [1.29, 1.82) is 0 Å². The SMILES string of the molecule is CCOC(=O)c1ccc(S(=O)(=O)Nc2ccccc2-c2ncn[nH]2)cc1. The summed E-state index contributed by atoms with van der Waals surface area (Å²) in [6.07, 6.45) is 1.34. The van der Waals surface area contributed by atoms with Gasteiger partial charge in [0.25, 0.3) is 10.0 Å². The minimum Gasteiger partial charge on any atom is -0.462 e. The molecule has 8 nitrogen and oxygen atoms in total. The van der Waals surface area contributed by atoms with Crippen LogP contribution in [0.2, 0.25) is 0 Å². The molecule has 0 amide bonds. The zero-order chi connectivity index (χ0) is 18.6. The van der Waals surface area contributed by atoms with Gasteiger partial charge in [-0.25, -0.2) is 18.2 Å². The van der Waals surface area contributed by atoms with E-state index in [4.69, 9.17) is 4.74 Å². The van der Waals surface area contributed by atoms with E-state index in [1.165, 1.54) is 30.6 Å². The largest absolute Gasteiger partial charge is 0.462 e. The molecule has 0 bridgehead atoms. The Kier molecular flexibility index (Phi) is 4.99. The summed E-state index contributed by atoms with van der Waals surface area (Å²) >= 11 is 0. The van der Waals surface area contributed by atoms with Crippen LogP contribution in [-0.4, -0.2) is 36.2 Å². The van der Waals surface area contributed by atoms with Crippen molar-refractivity contribution in [2.45, 2.75) is 11.8 Å². The number of nitrogens with zero attached hydrogens (tertiary/aromatic N) is 2. The average molecular weight is 372 g/mol. The van der Waals surface area contributed by atoms with Crippen molar-refractivity contribution in [2.24, 2.45) is 0 Å². The number of benzene rings is 2. The van der Waals surface area contributed by atoms with Crippen molar-refractivity contribution < 1.29 is 17.9 Å². The highest BCUT2D eigenvalue weighted by Gasteiger charge is 2.18. The normalized spacial score (nSPS) is 11.1. The predicted molar refractivity (Wildman–Crippen MR) is 95.0 cm³/mol. The van der Waals surface area contributed by atoms with Crippen LogP contribution in [0.25, 0.3) is 11.4 Å². The first-order valence-corrected chi connectivity index (χ1v) is 9.24. The number of sulfonamides is 1. The Hall–Kier alpha value is -3.20. The third-order valence-electron chi connectivity index (χ3n) is 3.52. The van der Waals surface area contributed by atoms with E-state index >= 15 is 0 Å². The molecule has 3 rings (SSSR count). The highest BCUT2D eigenvalue weighted by Crippen LogP contribution is 2.26. The molecule has 0 radical (unpaired) electrons. The van der Waals surface area contributed by atoms with Crippen molar-refractivity contribution >= 4 is 21.7 Å². The third-order valence-corrected chi connectivity index (χ3v) is 4.90. The Bertz CT molecular complexity index is 1000. The number of carbonyl (C=O) groups is 1. The maximum absolute atomic E-state index is 12.7. The number of aromatic nitrogens is 3. The summed E-state index contributed by atoms with van der Waals surface area (Å²) < 4.78 is 32.7. The summed E-state index contributed by atoms with van der Waals surface area (Å²) in [5.41, 5.74) is 1.21. The summed E-state index contributed by atoms with van der Waals surface area (Å²) in [6.45, 7) is 1.95. The molecule has 0 aliphatic carbocycles. The van der Waals surface area contributed by atoms with Crippen LogP contribution in [0.1, 0.15) is 17.3 Å². The van der Waals surface area contributed by atoms with E-state index in [1.807, 2.05) is 0 Å². The molecule has 3 aromatic rings. The van der Waals surface area contributed by atoms with E-state index in [-0.39, 0.29) is 17.1 Å². The average Bonchev–Trinajstić information content (AvgIpc) is 3.17.